The molecule has 2 aromatic heterocycles. The van der Waals surface area contributed by atoms with Gasteiger partial charge in [0.05, 0.1) is 11.4 Å². The van der Waals surface area contributed by atoms with Gasteiger partial charge in [0.25, 0.3) is 0 Å². The summed E-state index contributed by atoms with van der Waals surface area (Å²) in [7, 11) is 1.73. The Labute approximate surface area is 180 Å². The molecular formula is C21H25N7O3. The summed E-state index contributed by atoms with van der Waals surface area (Å²) in [5.41, 5.74) is 7.80. The number of hydrogen-bond donors (Lipinski definition) is 1. The van der Waals surface area contributed by atoms with E-state index in [9.17, 15) is 4.79 Å². The fraction of sp³-hybridized carbons (Fsp3) is 0.333. The van der Waals surface area contributed by atoms with E-state index >= 15 is 0 Å². The van der Waals surface area contributed by atoms with E-state index in [1.165, 1.54) is 4.68 Å². The second-order valence-corrected chi connectivity index (χ2v) is 6.83. The molecule has 10 heteroatoms. The highest BCUT2D eigenvalue weighted by atomic mass is 16.6. The molecule has 0 saturated carbocycles. The van der Waals surface area contributed by atoms with Gasteiger partial charge in [0, 0.05) is 12.6 Å². The molecule has 0 aliphatic heterocycles. The van der Waals surface area contributed by atoms with Crippen molar-refractivity contribution in [1.82, 2.24) is 25.2 Å². The molecule has 0 radical (unpaired) electrons. The van der Waals surface area contributed by atoms with Crippen molar-refractivity contribution in [2.45, 2.75) is 38.9 Å². The lowest BCUT2D eigenvalue weighted by molar-refractivity contribution is 0.0960. The van der Waals surface area contributed by atoms with Crippen LogP contribution in [0.4, 0.5) is 4.79 Å². The molecule has 0 spiro atoms. The van der Waals surface area contributed by atoms with Gasteiger partial charge in [-0.1, -0.05) is 54.9 Å². The van der Waals surface area contributed by atoms with Gasteiger partial charge in [-0.25, -0.2) is 9.48 Å². The van der Waals surface area contributed by atoms with Gasteiger partial charge >= 0.3 is 6.09 Å². The number of tetrazole rings is 1. The molecule has 0 saturated heterocycles. The summed E-state index contributed by atoms with van der Waals surface area (Å²) in [6, 6.07) is 14.9. The number of oxime groups is 1. The van der Waals surface area contributed by atoms with Gasteiger partial charge in [-0.05, 0) is 35.4 Å². The summed E-state index contributed by atoms with van der Waals surface area (Å²) in [6.07, 6.45) is 1.18. The van der Waals surface area contributed by atoms with E-state index < -0.39 is 12.2 Å². The molecule has 31 heavy (non-hydrogen) atoms. The van der Waals surface area contributed by atoms with Gasteiger partial charge in [0.1, 0.15) is 6.10 Å². The van der Waals surface area contributed by atoms with Crippen molar-refractivity contribution >= 4 is 11.8 Å². The maximum absolute atomic E-state index is 11.3. The zero-order valence-corrected chi connectivity index (χ0v) is 17.5. The molecule has 1 unspecified atom stereocenters. The predicted molar refractivity (Wildman–Crippen MR) is 113 cm³/mol. The lowest BCUT2D eigenvalue weighted by Gasteiger charge is -2.16. The third-order valence-corrected chi connectivity index (χ3v) is 4.48. The van der Waals surface area contributed by atoms with Crippen LogP contribution in [0, 0.1) is 0 Å². The van der Waals surface area contributed by atoms with Gasteiger partial charge in [-0.15, -0.1) is 5.10 Å². The number of primary amides is 1. The Morgan fingerprint density at radius 2 is 2.00 bits per heavy atom. The van der Waals surface area contributed by atoms with Crippen molar-refractivity contribution in [2.75, 3.05) is 0 Å². The second-order valence-electron chi connectivity index (χ2n) is 6.83. The highest BCUT2D eigenvalue weighted by molar-refractivity contribution is 6.10. The minimum Gasteiger partial charge on any atom is -0.440 e. The molecule has 1 amide bonds. The fourth-order valence-corrected chi connectivity index (χ4v) is 2.97. The van der Waals surface area contributed by atoms with Crippen molar-refractivity contribution in [2.24, 2.45) is 17.9 Å². The Bertz CT molecular complexity index is 1020. The average Bonchev–Trinajstić information content (AvgIpc) is 3.20. The molecule has 3 aromatic rings. The molecule has 3 rings (SSSR count). The number of pyridine rings is 1. The molecule has 10 nitrogen and oxygen atoms in total. The largest absolute Gasteiger partial charge is 0.440 e. The number of carbonyl (C=O) groups excluding carboxylic acids is 1. The van der Waals surface area contributed by atoms with E-state index in [0.29, 0.717) is 29.3 Å². The van der Waals surface area contributed by atoms with Crippen LogP contribution in [0.1, 0.15) is 55.1 Å². The third kappa shape index (κ3) is 6.08. The van der Waals surface area contributed by atoms with Crippen LogP contribution in [-0.2, 0) is 23.2 Å². The number of benzene rings is 1. The molecule has 0 bridgehead atoms. The number of nitrogens with two attached hydrogens (primary N) is 1. The summed E-state index contributed by atoms with van der Waals surface area (Å²) >= 11 is 0. The minimum atomic E-state index is -0.820. The molecule has 0 aliphatic carbocycles. The number of amides is 1. The van der Waals surface area contributed by atoms with Crippen LogP contribution in [0.2, 0.25) is 0 Å². The number of unbranched alkanes of at least 4 members (excludes halogenated alkanes) is 1. The number of nitrogens with zero attached hydrogens (tertiary/aromatic N) is 6. The summed E-state index contributed by atoms with van der Waals surface area (Å²) < 4.78 is 6.76. The van der Waals surface area contributed by atoms with Crippen LogP contribution in [0.15, 0.2) is 53.7 Å². The Morgan fingerprint density at radius 1 is 1.19 bits per heavy atom. The Balaban J connectivity index is 1.77. The first-order chi connectivity index (χ1) is 15.1. The Morgan fingerprint density at radius 3 is 2.68 bits per heavy atom. The summed E-state index contributed by atoms with van der Waals surface area (Å²) in [4.78, 5) is 21.4. The highest BCUT2D eigenvalue weighted by Crippen LogP contribution is 2.22. The summed E-state index contributed by atoms with van der Waals surface area (Å²) in [6.45, 7) is 2.18. The zero-order valence-electron chi connectivity index (χ0n) is 17.5. The van der Waals surface area contributed by atoms with Crippen LogP contribution < -0.4 is 5.73 Å². The van der Waals surface area contributed by atoms with Gasteiger partial charge in [-0.2, -0.15) is 0 Å². The smallest absolute Gasteiger partial charge is 0.405 e. The van der Waals surface area contributed by atoms with E-state index in [4.69, 9.17) is 15.3 Å². The highest BCUT2D eigenvalue weighted by Gasteiger charge is 2.17. The van der Waals surface area contributed by atoms with Gasteiger partial charge in [0.2, 0.25) is 5.82 Å². The maximum atomic E-state index is 11.3. The van der Waals surface area contributed by atoms with E-state index in [-0.39, 0.29) is 6.61 Å². The molecule has 162 valence electrons. The van der Waals surface area contributed by atoms with Crippen LogP contribution >= 0.6 is 0 Å². The quantitative estimate of drug-likeness (QED) is 0.392. The normalized spacial score (nSPS) is 12.4. The Hall–Kier alpha value is -3.82. The number of rotatable bonds is 10. The predicted octanol–water partition coefficient (Wildman–Crippen LogP) is 2.90. The maximum Gasteiger partial charge on any atom is 0.405 e. The van der Waals surface area contributed by atoms with E-state index in [1.54, 1.807) is 13.1 Å². The fourth-order valence-electron chi connectivity index (χ4n) is 2.97. The Kier molecular flexibility index (Phi) is 7.63. The molecule has 1 atom stereocenters. The van der Waals surface area contributed by atoms with Crippen molar-refractivity contribution in [3.8, 4) is 0 Å². The molecule has 2 N–H and O–H groups in total. The monoisotopic (exact) mass is 423 g/mol. The number of ether oxygens (including phenoxy) is 1. The van der Waals surface area contributed by atoms with Crippen molar-refractivity contribution in [3.05, 3.63) is 71.3 Å². The van der Waals surface area contributed by atoms with Gasteiger partial charge < -0.3 is 15.3 Å². The van der Waals surface area contributed by atoms with Crippen molar-refractivity contribution in [1.29, 1.82) is 0 Å². The first-order valence-corrected chi connectivity index (χ1v) is 9.98. The van der Waals surface area contributed by atoms with Crippen molar-refractivity contribution in [3.63, 3.8) is 0 Å². The molecule has 0 fully saturated rings. The van der Waals surface area contributed by atoms with E-state index in [0.717, 1.165) is 18.4 Å². The van der Waals surface area contributed by atoms with E-state index in [2.05, 4.69) is 32.6 Å². The van der Waals surface area contributed by atoms with Crippen LogP contribution in [0.3, 0.4) is 0 Å². The number of hydrogen-bond acceptors (Lipinski definition) is 8. The SMILES string of the molecule is CCCCC(OC(N)=O)c1cccc(CON=C(c2ccccc2)c2nnnn2C)n1. The topological polar surface area (TPSA) is 130 Å². The molecule has 0 aliphatic rings. The first-order valence-electron chi connectivity index (χ1n) is 9.98. The van der Waals surface area contributed by atoms with Gasteiger partial charge in [0.15, 0.2) is 12.3 Å². The zero-order chi connectivity index (χ0) is 22.1. The standard InChI is InChI=1S/C21H25N7O3/c1-3-4-13-18(31-21(22)29)17-12-8-11-16(23-17)14-30-25-19(15-9-6-5-7-10-15)20-24-26-27-28(20)2/h5-12,18H,3-4,13-14H2,1-2H3,(H2,22,29). The van der Waals surface area contributed by atoms with Gasteiger partial charge in [-0.3, -0.25) is 4.98 Å². The average molecular weight is 423 g/mol. The van der Waals surface area contributed by atoms with Crippen LogP contribution in [-0.4, -0.2) is 37.0 Å². The van der Waals surface area contributed by atoms with Crippen LogP contribution in [0.25, 0.3) is 0 Å². The number of aryl methyl sites for hydroxylation is 1. The molecule has 1 aromatic carbocycles. The number of aromatic nitrogens is 5. The first kappa shape index (κ1) is 21.9. The second kappa shape index (κ2) is 10.8. The number of carbonyl (C=O) groups is 1. The lowest BCUT2D eigenvalue weighted by atomic mass is 10.1. The summed E-state index contributed by atoms with van der Waals surface area (Å²) in [5, 5.41) is 15.8. The minimum absolute atomic E-state index is 0.118. The lowest BCUT2D eigenvalue weighted by Crippen LogP contribution is -2.18. The molecular weight excluding hydrogens is 398 g/mol. The summed E-state index contributed by atoms with van der Waals surface area (Å²) in [5.74, 6) is 0.474. The van der Waals surface area contributed by atoms with Crippen LogP contribution in [0.5, 0.6) is 0 Å². The molecule has 2 heterocycles. The van der Waals surface area contributed by atoms with E-state index in [1.807, 2.05) is 42.5 Å². The van der Waals surface area contributed by atoms with Crippen molar-refractivity contribution < 1.29 is 14.4 Å². The third-order valence-electron chi connectivity index (χ3n) is 4.48.